The summed E-state index contributed by atoms with van der Waals surface area (Å²) >= 11 is 0. The summed E-state index contributed by atoms with van der Waals surface area (Å²) in [5.74, 6) is -1.13. The van der Waals surface area contributed by atoms with E-state index in [0.29, 0.717) is 43.1 Å². The minimum absolute atomic E-state index is 0.0721. The Morgan fingerprint density at radius 3 is 2.39 bits per heavy atom. The Kier molecular flexibility index (Phi) is 6.90. The van der Waals surface area contributed by atoms with Crippen LogP contribution in [0.1, 0.15) is 10.4 Å². The fourth-order valence-electron chi connectivity index (χ4n) is 4.70. The molecule has 3 aromatic carbocycles. The highest BCUT2D eigenvalue weighted by Gasteiger charge is 2.28. The van der Waals surface area contributed by atoms with Gasteiger partial charge >= 0.3 is 0 Å². The second-order valence-electron chi connectivity index (χ2n) is 9.26. The maximum absolute atomic E-state index is 13.8. The molecule has 1 saturated heterocycles. The van der Waals surface area contributed by atoms with Crippen molar-refractivity contribution >= 4 is 43.9 Å². The van der Waals surface area contributed by atoms with Crippen LogP contribution in [0, 0.1) is 5.82 Å². The van der Waals surface area contributed by atoms with Crippen molar-refractivity contribution in [2.45, 2.75) is 4.90 Å². The summed E-state index contributed by atoms with van der Waals surface area (Å²) in [6.45, 7) is 1.29. The zero-order chi connectivity index (χ0) is 26.9. The van der Waals surface area contributed by atoms with Gasteiger partial charge in [-0.05, 0) is 53.9 Å². The Morgan fingerprint density at radius 1 is 0.947 bits per heavy atom. The number of hydrogen-bond acceptors (Lipinski definition) is 5. The molecule has 38 heavy (non-hydrogen) atoms. The number of H-pyrrole nitrogens is 1. The molecule has 1 aromatic heterocycles. The summed E-state index contributed by atoms with van der Waals surface area (Å²) < 4.78 is 38.2. The number of anilines is 2. The SMILES string of the molecule is CS(=O)(=O)c1cc(F)ccc1N1CCN(C(=O)CN(C(=O)c2ccc3cc[nH]c3c2)c2ccccc2)CC1. The molecule has 1 aliphatic rings. The van der Waals surface area contributed by atoms with Gasteiger partial charge in [0.1, 0.15) is 12.4 Å². The largest absolute Gasteiger partial charge is 0.367 e. The molecule has 2 heterocycles. The van der Waals surface area contributed by atoms with Gasteiger partial charge in [0.2, 0.25) is 5.91 Å². The summed E-state index contributed by atoms with van der Waals surface area (Å²) in [6, 6.07) is 20.1. The third-order valence-corrected chi connectivity index (χ3v) is 7.83. The van der Waals surface area contributed by atoms with Crippen molar-refractivity contribution in [2.75, 3.05) is 48.8 Å². The number of aromatic amines is 1. The molecule has 0 aliphatic carbocycles. The van der Waals surface area contributed by atoms with Gasteiger partial charge in [-0.2, -0.15) is 0 Å². The van der Waals surface area contributed by atoms with Crippen molar-refractivity contribution in [3.05, 3.63) is 90.4 Å². The second kappa shape index (κ2) is 10.3. The standard InChI is InChI=1S/C28H27FN4O4S/c1-38(36,37)26-18-22(29)9-10-25(26)31-13-15-32(16-14-31)27(34)19-33(23-5-3-2-4-6-23)28(35)21-8-7-20-11-12-30-24(20)17-21/h2-12,17-18,30H,13-16,19H2,1H3. The lowest BCUT2D eigenvalue weighted by molar-refractivity contribution is -0.129. The molecule has 0 unspecified atom stereocenters. The lowest BCUT2D eigenvalue weighted by Crippen LogP contribution is -2.52. The van der Waals surface area contributed by atoms with Gasteiger partial charge in [-0.15, -0.1) is 0 Å². The molecule has 10 heteroatoms. The molecule has 4 aromatic rings. The van der Waals surface area contributed by atoms with Gasteiger partial charge in [-0.25, -0.2) is 12.8 Å². The minimum Gasteiger partial charge on any atom is -0.367 e. The maximum Gasteiger partial charge on any atom is 0.258 e. The third kappa shape index (κ3) is 5.26. The first-order valence-corrected chi connectivity index (χ1v) is 14.1. The molecule has 1 N–H and O–H groups in total. The van der Waals surface area contributed by atoms with Crippen molar-refractivity contribution in [1.29, 1.82) is 0 Å². The molecule has 1 aliphatic heterocycles. The fraction of sp³-hybridized carbons (Fsp3) is 0.214. The van der Waals surface area contributed by atoms with E-state index >= 15 is 0 Å². The van der Waals surface area contributed by atoms with E-state index in [0.717, 1.165) is 23.2 Å². The zero-order valence-corrected chi connectivity index (χ0v) is 21.6. The van der Waals surface area contributed by atoms with Crippen LogP contribution in [-0.2, 0) is 14.6 Å². The predicted octanol–water partition coefficient (Wildman–Crippen LogP) is 3.71. The van der Waals surface area contributed by atoms with Crippen LogP contribution in [-0.4, -0.2) is 69.1 Å². The number of halogens is 1. The van der Waals surface area contributed by atoms with Crippen molar-refractivity contribution in [3.63, 3.8) is 0 Å². The molecule has 0 bridgehead atoms. The van der Waals surface area contributed by atoms with E-state index in [1.54, 1.807) is 29.2 Å². The van der Waals surface area contributed by atoms with E-state index in [1.807, 2.05) is 41.4 Å². The monoisotopic (exact) mass is 534 g/mol. The molecule has 0 atom stereocenters. The highest BCUT2D eigenvalue weighted by Crippen LogP contribution is 2.27. The number of carbonyl (C=O) groups excluding carboxylic acids is 2. The van der Waals surface area contributed by atoms with Crippen LogP contribution in [0.25, 0.3) is 10.9 Å². The fourth-order valence-corrected chi connectivity index (χ4v) is 5.61. The maximum atomic E-state index is 13.8. The summed E-state index contributed by atoms with van der Waals surface area (Å²) in [7, 11) is -3.64. The highest BCUT2D eigenvalue weighted by molar-refractivity contribution is 7.90. The van der Waals surface area contributed by atoms with Crippen molar-refractivity contribution in [2.24, 2.45) is 0 Å². The van der Waals surface area contributed by atoms with Crippen molar-refractivity contribution in [1.82, 2.24) is 9.88 Å². The highest BCUT2D eigenvalue weighted by atomic mass is 32.2. The van der Waals surface area contributed by atoms with Gasteiger partial charge in [0.25, 0.3) is 5.91 Å². The van der Waals surface area contributed by atoms with Gasteiger partial charge < -0.3 is 14.8 Å². The number of aromatic nitrogens is 1. The number of nitrogens with one attached hydrogen (secondary N) is 1. The number of piperazine rings is 1. The molecule has 0 saturated carbocycles. The average molecular weight is 535 g/mol. The lowest BCUT2D eigenvalue weighted by Gasteiger charge is -2.37. The number of nitrogens with zero attached hydrogens (tertiary/aromatic N) is 3. The summed E-state index contributed by atoms with van der Waals surface area (Å²) in [6.07, 6.45) is 2.86. The van der Waals surface area contributed by atoms with E-state index in [4.69, 9.17) is 0 Å². The van der Waals surface area contributed by atoms with E-state index in [2.05, 4.69) is 4.98 Å². The van der Waals surface area contributed by atoms with E-state index in [-0.39, 0.29) is 23.3 Å². The summed E-state index contributed by atoms with van der Waals surface area (Å²) in [5.41, 5.74) is 2.33. The topological polar surface area (TPSA) is 93.8 Å². The molecule has 0 spiro atoms. The molecule has 5 rings (SSSR count). The Bertz CT molecular complexity index is 1600. The average Bonchev–Trinajstić information content (AvgIpc) is 3.39. The van der Waals surface area contributed by atoms with Crippen LogP contribution in [0.2, 0.25) is 0 Å². The van der Waals surface area contributed by atoms with Gasteiger partial charge in [0.05, 0.1) is 10.6 Å². The van der Waals surface area contributed by atoms with Crippen LogP contribution >= 0.6 is 0 Å². The number of para-hydroxylation sites is 1. The first kappa shape index (κ1) is 25.5. The van der Waals surface area contributed by atoms with Gasteiger partial charge in [-0.3, -0.25) is 14.5 Å². The lowest BCUT2D eigenvalue weighted by atomic mass is 10.1. The number of hydrogen-bond donors (Lipinski definition) is 1. The number of fused-ring (bicyclic) bond motifs is 1. The molecule has 8 nitrogen and oxygen atoms in total. The van der Waals surface area contributed by atoms with Gasteiger partial charge in [0.15, 0.2) is 9.84 Å². The predicted molar refractivity (Wildman–Crippen MR) is 145 cm³/mol. The number of rotatable bonds is 6. The molecular weight excluding hydrogens is 507 g/mol. The van der Waals surface area contributed by atoms with Crippen molar-refractivity contribution in [3.8, 4) is 0 Å². The van der Waals surface area contributed by atoms with Gasteiger partial charge in [0, 0.05) is 55.4 Å². The Hall–Kier alpha value is -4.18. The van der Waals surface area contributed by atoms with Crippen LogP contribution < -0.4 is 9.80 Å². The molecule has 2 amide bonds. The van der Waals surface area contributed by atoms with Crippen LogP contribution in [0.5, 0.6) is 0 Å². The van der Waals surface area contributed by atoms with E-state index < -0.39 is 15.7 Å². The third-order valence-electron chi connectivity index (χ3n) is 6.70. The first-order chi connectivity index (χ1) is 18.2. The summed E-state index contributed by atoms with van der Waals surface area (Å²) in [5, 5.41) is 0.988. The Balaban J connectivity index is 1.32. The molecule has 1 fully saturated rings. The first-order valence-electron chi connectivity index (χ1n) is 12.2. The minimum atomic E-state index is -3.64. The summed E-state index contributed by atoms with van der Waals surface area (Å²) in [4.78, 5) is 34.9. The molecule has 196 valence electrons. The number of sulfone groups is 1. The van der Waals surface area contributed by atoms with Crippen molar-refractivity contribution < 1.29 is 22.4 Å². The molecular formula is C28H27FN4O4S. The zero-order valence-electron chi connectivity index (χ0n) is 20.8. The van der Waals surface area contributed by atoms with Crippen LogP contribution in [0.3, 0.4) is 0 Å². The number of benzene rings is 3. The molecule has 0 radical (unpaired) electrons. The normalized spacial score (nSPS) is 14.1. The van der Waals surface area contributed by atoms with Crippen LogP contribution in [0.15, 0.2) is 83.9 Å². The number of carbonyl (C=O) groups is 2. The van der Waals surface area contributed by atoms with Gasteiger partial charge in [-0.1, -0.05) is 24.3 Å². The van der Waals surface area contributed by atoms with Crippen LogP contribution in [0.4, 0.5) is 15.8 Å². The van der Waals surface area contributed by atoms with E-state index in [1.165, 1.54) is 17.0 Å². The number of amides is 2. The Morgan fingerprint density at radius 2 is 1.68 bits per heavy atom. The Labute approximate surface area is 220 Å². The second-order valence-corrected chi connectivity index (χ2v) is 11.2. The smallest absolute Gasteiger partial charge is 0.258 e. The quantitative estimate of drug-likeness (QED) is 0.407. The van der Waals surface area contributed by atoms with E-state index in [9.17, 15) is 22.4 Å².